The lowest BCUT2D eigenvalue weighted by Gasteiger charge is -2.17. The molecule has 1 atom stereocenters. The number of hydrogen-bond donors (Lipinski definition) is 1. The van der Waals surface area contributed by atoms with Crippen molar-refractivity contribution >= 4 is 15.7 Å². The molecule has 0 fully saturated rings. The first-order valence-electron chi connectivity index (χ1n) is 8.05. The maximum Gasteiger partial charge on any atom is 0.255 e. The molecule has 0 bridgehead atoms. The van der Waals surface area contributed by atoms with Crippen LogP contribution in [0.5, 0.6) is 5.75 Å². The van der Waals surface area contributed by atoms with E-state index in [-0.39, 0.29) is 22.9 Å². The fourth-order valence-electron chi connectivity index (χ4n) is 2.37. The number of ether oxygens (including phenoxy) is 1. The number of benzene rings is 2. The van der Waals surface area contributed by atoms with E-state index in [1.54, 1.807) is 42.5 Å². The molecule has 2 aromatic rings. The van der Waals surface area contributed by atoms with E-state index in [4.69, 9.17) is 4.74 Å². The van der Waals surface area contributed by atoms with Gasteiger partial charge in [0.1, 0.15) is 5.75 Å². The van der Waals surface area contributed by atoms with E-state index in [1.165, 1.54) is 6.26 Å². The SMILES string of the molecule is CC(C)Oc1ccccc1C(=O)N[C@@H](C)c1ccc(S(C)(=O)=O)cc1. The van der Waals surface area contributed by atoms with Crippen LogP contribution < -0.4 is 10.1 Å². The van der Waals surface area contributed by atoms with Crippen LogP contribution in [0.2, 0.25) is 0 Å². The third-order valence-electron chi connectivity index (χ3n) is 3.65. The number of sulfone groups is 1. The number of para-hydroxylation sites is 1. The van der Waals surface area contributed by atoms with Crippen LogP contribution in [0.25, 0.3) is 0 Å². The molecule has 6 heteroatoms. The minimum absolute atomic E-state index is 0.0325. The smallest absolute Gasteiger partial charge is 0.255 e. The molecule has 0 aliphatic heterocycles. The second-order valence-electron chi connectivity index (χ2n) is 6.20. The number of carbonyl (C=O) groups is 1. The summed E-state index contributed by atoms with van der Waals surface area (Å²) in [4.78, 5) is 12.8. The van der Waals surface area contributed by atoms with Crippen LogP contribution in [-0.4, -0.2) is 26.7 Å². The van der Waals surface area contributed by atoms with Crippen molar-refractivity contribution in [3.63, 3.8) is 0 Å². The summed E-state index contributed by atoms with van der Waals surface area (Å²) < 4.78 is 28.7. The van der Waals surface area contributed by atoms with Gasteiger partial charge in [-0.3, -0.25) is 4.79 Å². The monoisotopic (exact) mass is 361 g/mol. The Morgan fingerprint density at radius 1 is 1.00 bits per heavy atom. The van der Waals surface area contributed by atoms with E-state index in [1.807, 2.05) is 26.8 Å². The molecule has 2 aromatic carbocycles. The van der Waals surface area contributed by atoms with E-state index < -0.39 is 9.84 Å². The Morgan fingerprint density at radius 3 is 2.16 bits per heavy atom. The molecule has 134 valence electrons. The molecule has 0 radical (unpaired) electrons. The van der Waals surface area contributed by atoms with Crippen LogP contribution >= 0.6 is 0 Å². The van der Waals surface area contributed by atoms with E-state index in [0.717, 1.165) is 5.56 Å². The first-order chi connectivity index (χ1) is 11.7. The standard InChI is InChI=1S/C19H23NO4S/c1-13(2)24-18-8-6-5-7-17(18)19(21)20-14(3)15-9-11-16(12-10-15)25(4,22)23/h5-14H,1-4H3,(H,20,21)/t14-/m0/s1. The normalized spacial score (nSPS) is 12.7. The van der Waals surface area contributed by atoms with Gasteiger partial charge in [-0.05, 0) is 50.6 Å². The van der Waals surface area contributed by atoms with Gasteiger partial charge in [0.2, 0.25) is 0 Å². The van der Waals surface area contributed by atoms with Crippen molar-refractivity contribution in [2.45, 2.75) is 37.8 Å². The lowest BCUT2D eigenvalue weighted by Crippen LogP contribution is -2.27. The van der Waals surface area contributed by atoms with Crippen molar-refractivity contribution in [2.24, 2.45) is 0 Å². The van der Waals surface area contributed by atoms with Crippen LogP contribution in [-0.2, 0) is 9.84 Å². The van der Waals surface area contributed by atoms with Gasteiger partial charge in [0.15, 0.2) is 9.84 Å². The zero-order valence-electron chi connectivity index (χ0n) is 14.8. The lowest BCUT2D eigenvalue weighted by atomic mass is 10.1. The molecule has 0 aromatic heterocycles. The summed E-state index contributed by atoms with van der Waals surface area (Å²) in [6, 6.07) is 13.3. The largest absolute Gasteiger partial charge is 0.490 e. The van der Waals surface area contributed by atoms with Crippen molar-refractivity contribution in [1.82, 2.24) is 5.32 Å². The molecule has 0 aliphatic carbocycles. The molecule has 25 heavy (non-hydrogen) atoms. The molecule has 0 aliphatic rings. The summed E-state index contributed by atoms with van der Waals surface area (Å²) >= 11 is 0. The maximum absolute atomic E-state index is 12.6. The van der Waals surface area contributed by atoms with Gasteiger partial charge < -0.3 is 10.1 Å². The summed E-state index contributed by atoms with van der Waals surface area (Å²) in [6.45, 7) is 5.65. The summed E-state index contributed by atoms with van der Waals surface area (Å²) in [5, 5.41) is 2.92. The number of rotatable bonds is 6. The third-order valence-corrected chi connectivity index (χ3v) is 4.78. The van der Waals surface area contributed by atoms with Gasteiger partial charge in [-0.15, -0.1) is 0 Å². The molecule has 0 heterocycles. The average molecular weight is 361 g/mol. The second kappa shape index (κ2) is 7.70. The molecule has 1 amide bonds. The Kier molecular flexibility index (Phi) is 5.85. The first kappa shape index (κ1) is 19.0. The van der Waals surface area contributed by atoms with Gasteiger partial charge in [0, 0.05) is 6.26 Å². The van der Waals surface area contributed by atoms with E-state index in [9.17, 15) is 13.2 Å². The highest BCUT2D eigenvalue weighted by Gasteiger charge is 2.16. The summed E-state index contributed by atoms with van der Waals surface area (Å²) in [6.07, 6.45) is 1.13. The van der Waals surface area contributed by atoms with Crippen molar-refractivity contribution in [1.29, 1.82) is 0 Å². The Balaban J connectivity index is 2.15. The van der Waals surface area contributed by atoms with E-state index in [2.05, 4.69) is 5.32 Å². The van der Waals surface area contributed by atoms with Gasteiger partial charge in [-0.1, -0.05) is 24.3 Å². The Bertz CT molecular complexity index is 842. The Labute approximate surface area is 148 Å². The van der Waals surface area contributed by atoms with Gasteiger partial charge in [0.25, 0.3) is 5.91 Å². The zero-order valence-corrected chi connectivity index (χ0v) is 15.6. The highest BCUT2D eigenvalue weighted by molar-refractivity contribution is 7.90. The Morgan fingerprint density at radius 2 is 1.60 bits per heavy atom. The molecule has 2 rings (SSSR count). The van der Waals surface area contributed by atoms with Crippen LogP contribution in [0.3, 0.4) is 0 Å². The van der Waals surface area contributed by atoms with Gasteiger partial charge in [-0.25, -0.2) is 8.42 Å². The van der Waals surface area contributed by atoms with Gasteiger partial charge in [0.05, 0.1) is 22.6 Å². The number of carbonyl (C=O) groups excluding carboxylic acids is 1. The summed E-state index contributed by atoms with van der Waals surface area (Å²) in [7, 11) is -3.23. The molecule has 0 unspecified atom stereocenters. The highest BCUT2D eigenvalue weighted by atomic mass is 32.2. The van der Waals surface area contributed by atoms with Gasteiger partial charge in [-0.2, -0.15) is 0 Å². The quantitative estimate of drug-likeness (QED) is 0.856. The predicted octanol–water partition coefficient (Wildman–Crippen LogP) is 3.37. The molecular weight excluding hydrogens is 338 g/mol. The lowest BCUT2D eigenvalue weighted by molar-refractivity contribution is 0.0934. The highest BCUT2D eigenvalue weighted by Crippen LogP contribution is 2.21. The van der Waals surface area contributed by atoms with Crippen molar-refractivity contribution in [3.05, 3.63) is 59.7 Å². The van der Waals surface area contributed by atoms with Gasteiger partial charge >= 0.3 is 0 Å². The van der Waals surface area contributed by atoms with Crippen LogP contribution in [0, 0.1) is 0 Å². The average Bonchev–Trinajstić information content (AvgIpc) is 2.54. The molecule has 1 N–H and O–H groups in total. The Hall–Kier alpha value is -2.34. The maximum atomic E-state index is 12.6. The molecule has 0 spiro atoms. The van der Waals surface area contributed by atoms with E-state index >= 15 is 0 Å². The number of amides is 1. The fourth-order valence-corrected chi connectivity index (χ4v) is 3.00. The second-order valence-corrected chi connectivity index (χ2v) is 8.21. The van der Waals surface area contributed by atoms with Crippen molar-refractivity contribution < 1.29 is 17.9 Å². The molecule has 0 saturated heterocycles. The molecule has 0 saturated carbocycles. The van der Waals surface area contributed by atoms with Crippen LogP contribution in [0.4, 0.5) is 0 Å². The summed E-state index contributed by atoms with van der Waals surface area (Å²) in [5.74, 6) is 0.297. The minimum Gasteiger partial charge on any atom is -0.490 e. The van der Waals surface area contributed by atoms with Crippen molar-refractivity contribution in [3.8, 4) is 5.75 Å². The number of nitrogens with one attached hydrogen (secondary N) is 1. The molecular formula is C19H23NO4S. The van der Waals surface area contributed by atoms with Crippen LogP contribution in [0.15, 0.2) is 53.4 Å². The number of hydrogen-bond acceptors (Lipinski definition) is 4. The minimum atomic E-state index is -3.23. The zero-order chi connectivity index (χ0) is 18.6. The third kappa shape index (κ3) is 5.06. The van der Waals surface area contributed by atoms with Crippen molar-refractivity contribution in [2.75, 3.05) is 6.26 Å². The predicted molar refractivity (Wildman–Crippen MR) is 97.6 cm³/mol. The van der Waals surface area contributed by atoms with E-state index in [0.29, 0.717) is 11.3 Å². The summed E-state index contributed by atoms with van der Waals surface area (Å²) in [5.41, 5.74) is 1.29. The topological polar surface area (TPSA) is 72.5 Å². The fraction of sp³-hybridized carbons (Fsp3) is 0.316. The van der Waals surface area contributed by atoms with Crippen LogP contribution in [0.1, 0.15) is 42.7 Å². The first-order valence-corrected chi connectivity index (χ1v) is 9.94. The molecule has 5 nitrogen and oxygen atoms in total.